The van der Waals surface area contributed by atoms with Crippen molar-refractivity contribution in [1.82, 2.24) is 5.32 Å². The van der Waals surface area contributed by atoms with E-state index in [1.165, 1.54) is 109 Å². The summed E-state index contributed by atoms with van der Waals surface area (Å²) in [7, 11) is 1.23. The van der Waals surface area contributed by atoms with E-state index in [1.54, 1.807) is 6.08 Å². The summed E-state index contributed by atoms with van der Waals surface area (Å²) in [6, 6.07) is -0.910. The fraction of sp³-hybridized carbons (Fsp3) is 0.800. The zero-order valence-electron chi connectivity index (χ0n) is 35.7. The minimum Gasteiger partial charge on any atom is -0.756 e. The van der Waals surface area contributed by atoms with E-state index < -0.39 is 26.6 Å². The van der Waals surface area contributed by atoms with Gasteiger partial charge in [-0.05, 0) is 64.2 Å². The number of aliphatic hydroxyl groups excluding tert-OH is 1. The fourth-order valence-electron chi connectivity index (χ4n) is 5.93. The van der Waals surface area contributed by atoms with Crippen LogP contribution < -0.4 is 10.2 Å². The number of phosphoric acid groups is 1. The minimum absolute atomic E-state index is 0.0110. The lowest BCUT2D eigenvalue weighted by Crippen LogP contribution is -2.45. The molecule has 0 aromatic heterocycles. The van der Waals surface area contributed by atoms with E-state index in [2.05, 4.69) is 55.6 Å². The van der Waals surface area contributed by atoms with Crippen LogP contribution in [-0.4, -0.2) is 68.5 Å². The van der Waals surface area contributed by atoms with Gasteiger partial charge in [0.25, 0.3) is 7.82 Å². The van der Waals surface area contributed by atoms with E-state index in [1.807, 2.05) is 27.2 Å². The lowest BCUT2D eigenvalue weighted by molar-refractivity contribution is -0.870. The number of amides is 1. The van der Waals surface area contributed by atoms with Gasteiger partial charge in [0.05, 0.1) is 39.9 Å². The molecule has 0 aliphatic rings. The van der Waals surface area contributed by atoms with Crippen molar-refractivity contribution in [3.8, 4) is 0 Å². The molecule has 3 unspecified atom stereocenters. The first-order valence-corrected chi connectivity index (χ1v) is 23.5. The Morgan fingerprint density at radius 3 is 1.56 bits per heavy atom. The van der Waals surface area contributed by atoms with Gasteiger partial charge in [-0.1, -0.05) is 159 Å². The van der Waals surface area contributed by atoms with Gasteiger partial charge in [-0.3, -0.25) is 9.36 Å². The Bertz CT molecular complexity index is 1020. The first-order valence-electron chi connectivity index (χ1n) is 22.0. The number of carbonyl (C=O) groups excluding carboxylic acids is 1. The van der Waals surface area contributed by atoms with Crippen LogP contribution in [0, 0.1) is 0 Å². The molecular formula is C45H85N2O6P. The van der Waals surface area contributed by atoms with E-state index in [9.17, 15) is 19.4 Å². The molecule has 0 aromatic carbocycles. The predicted molar refractivity (Wildman–Crippen MR) is 228 cm³/mol. The van der Waals surface area contributed by atoms with E-state index in [0.717, 1.165) is 51.4 Å². The van der Waals surface area contributed by atoms with Crippen molar-refractivity contribution in [3.63, 3.8) is 0 Å². The van der Waals surface area contributed by atoms with Crippen molar-refractivity contribution in [3.05, 3.63) is 48.6 Å². The molecule has 0 saturated heterocycles. The highest BCUT2D eigenvalue weighted by atomic mass is 31.2. The monoisotopic (exact) mass is 781 g/mol. The Balaban J connectivity index is 4.41. The number of aliphatic hydroxyl groups is 1. The molecule has 316 valence electrons. The Labute approximate surface area is 333 Å². The van der Waals surface area contributed by atoms with Crippen LogP contribution in [0.1, 0.15) is 181 Å². The number of phosphoric ester groups is 1. The molecule has 0 radical (unpaired) electrons. The second-order valence-electron chi connectivity index (χ2n) is 16.0. The van der Waals surface area contributed by atoms with Gasteiger partial charge in [-0.2, -0.15) is 0 Å². The molecule has 0 spiro atoms. The van der Waals surface area contributed by atoms with Crippen LogP contribution >= 0.6 is 7.82 Å². The molecular weight excluding hydrogens is 695 g/mol. The average molecular weight is 781 g/mol. The number of carbonyl (C=O) groups is 1. The van der Waals surface area contributed by atoms with Gasteiger partial charge >= 0.3 is 0 Å². The topological polar surface area (TPSA) is 108 Å². The van der Waals surface area contributed by atoms with Gasteiger partial charge in [0.15, 0.2) is 0 Å². The normalized spacial score (nSPS) is 14.9. The third-order valence-electron chi connectivity index (χ3n) is 9.49. The van der Waals surface area contributed by atoms with E-state index in [4.69, 9.17) is 9.05 Å². The molecule has 0 saturated carbocycles. The Morgan fingerprint density at radius 2 is 1.06 bits per heavy atom. The zero-order chi connectivity index (χ0) is 40.0. The van der Waals surface area contributed by atoms with Crippen LogP contribution in [0.4, 0.5) is 0 Å². The van der Waals surface area contributed by atoms with Crippen LogP contribution in [0.25, 0.3) is 0 Å². The number of hydrogen-bond donors (Lipinski definition) is 2. The van der Waals surface area contributed by atoms with Gasteiger partial charge < -0.3 is 28.8 Å². The number of unbranched alkanes of at least 4 members (excludes halogenated alkanes) is 20. The number of hydrogen-bond acceptors (Lipinski definition) is 6. The summed E-state index contributed by atoms with van der Waals surface area (Å²) in [5.74, 6) is -0.219. The summed E-state index contributed by atoms with van der Waals surface area (Å²) in [6.07, 6.45) is 45.9. The molecule has 0 aromatic rings. The summed E-state index contributed by atoms with van der Waals surface area (Å²) in [5.41, 5.74) is 0. The third-order valence-corrected chi connectivity index (χ3v) is 10.5. The van der Waals surface area contributed by atoms with Crippen LogP contribution in [0.3, 0.4) is 0 Å². The molecule has 54 heavy (non-hydrogen) atoms. The molecule has 0 rings (SSSR count). The first-order chi connectivity index (χ1) is 26.0. The lowest BCUT2D eigenvalue weighted by Gasteiger charge is -2.29. The van der Waals surface area contributed by atoms with Gasteiger partial charge in [0.1, 0.15) is 13.2 Å². The Morgan fingerprint density at radius 1 is 0.630 bits per heavy atom. The minimum atomic E-state index is -4.60. The molecule has 0 fully saturated rings. The van der Waals surface area contributed by atoms with Gasteiger partial charge in [0.2, 0.25) is 5.91 Å². The maximum atomic E-state index is 12.8. The fourth-order valence-corrected chi connectivity index (χ4v) is 6.65. The highest BCUT2D eigenvalue weighted by Gasteiger charge is 2.23. The van der Waals surface area contributed by atoms with Crippen LogP contribution in [-0.2, 0) is 18.4 Å². The van der Waals surface area contributed by atoms with E-state index >= 15 is 0 Å². The Hall–Kier alpha value is -1.54. The quantitative estimate of drug-likeness (QED) is 0.0278. The largest absolute Gasteiger partial charge is 0.756 e. The standard InChI is InChI=1S/C45H85N2O6P/c1-6-8-10-12-14-16-18-20-21-22-23-24-25-26-27-29-31-33-35-37-39-45(49)46-43(42-53-54(50,51)52-41-40-47(3,4)5)44(48)38-36-34-32-30-28-19-17-15-13-11-9-7-2/h13,15,23-24,28,30,36,38,43-44,48H,6-12,14,16-22,25-27,29,31-35,37,39-42H2,1-5H3,(H-,46,49,50,51)/b15-13+,24-23-,30-28+,38-36+. The van der Waals surface area contributed by atoms with E-state index in [0.29, 0.717) is 17.4 Å². The number of nitrogens with zero attached hydrogens (tertiary/aromatic N) is 1. The molecule has 0 aliphatic heterocycles. The lowest BCUT2D eigenvalue weighted by atomic mass is 10.1. The van der Waals surface area contributed by atoms with Crippen LogP contribution in [0.5, 0.6) is 0 Å². The maximum absolute atomic E-state index is 12.8. The number of allylic oxidation sites excluding steroid dienone is 7. The van der Waals surface area contributed by atoms with Crippen molar-refractivity contribution in [2.24, 2.45) is 0 Å². The van der Waals surface area contributed by atoms with Crippen LogP contribution in [0.15, 0.2) is 48.6 Å². The molecule has 8 nitrogen and oxygen atoms in total. The summed E-state index contributed by atoms with van der Waals surface area (Å²) in [6.45, 7) is 4.55. The Kier molecular flexibility index (Phi) is 36.0. The zero-order valence-corrected chi connectivity index (χ0v) is 36.6. The number of nitrogens with one attached hydrogen (secondary N) is 1. The smallest absolute Gasteiger partial charge is 0.268 e. The van der Waals surface area contributed by atoms with Crippen molar-refractivity contribution in [2.75, 3.05) is 40.9 Å². The molecule has 3 atom stereocenters. The number of quaternary nitrogens is 1. The second kappa shape index (κ2) is 37.1. The summed E-state index contributed by atoms with van der Waals surface area (Å²) >= 11 is 0. The maximum Gasteiger partial charge on any atom is 0.268 e. The summed E-state index contributed by atoms with van der Waals surface area (Å²) in [4.78, 5) is 25.2. The first kappa shape index (κ1) is 52.5. The van der Waals surface area contributed by atoms with Crippen molar-refractivity contribution in [1.29, 1.82) is 0 Å². The molecule has 0 heterocycles. The van der Waals surface area contributed by atoms with E-state index in [-0.39, 0.29) is 12.5 Å². The molecule has 9 heteroatoms. The van der Waals surface area contributed by atoms with Crippen molar-refractivity contribution >= 4 is 13.7 Å². The van der Waals surface area contributed by atoms with Gasteiger partial charge in [-0.15, -0.1) is 0 Å². The summed E-state index contributed by atoms with van der Waals surface area (Å²) < 4.78 is 23.1. The molecule has 2 N–H and O–H groups in total. The molecule has 0 aliphatic carbocycles. The number of likely N-dealkylation sites (N-methyl/N-ethyl adjacent to an activating group) is 1. The van der Waals surface area contributed by atoms with Crippen molar-refractivity contribution < 1.29 is 32.9 Å². The second-order valence-corrected chi connectivity index (χ2v) is 17.4. The average Bonchev–Trinajstić information content (AvgIpc) is 3.12. The predicted octanol–water partition coefficient (Wildman–Crippen LogP) is 11.4. The SMILES string of the molecule is CCCC/C=C/CC/C=C/CC/C=C/C(O)C(COP(=O)([O-])OCC[N+](C)(C)C)NC(=O)CCCCCCCCC/C=C\CCCCCCCCCCC. The van der Waals surface area contributed by atoms with Crippen LogP contribution in [0.2, 0.25) is 0 Å². The summed E-state index contributed by atoms with van der Waals surface area (Å²) in [5, 5.41) is 13.7. The van der Waals surface area contributed by atoms with Gasteiger partial charge in [0, 0.05) is 6.42 Å². The molecule has 1 amide bonds. The van der Waals surface area contributed by atoms with Crippen molar-refractivity contribution in [2.45, 2.75) is 193 Å². The van der Waals surface area contributed by atoms with Gasteiger partial charge in [-0.25, -0.2) is 0 Å². The third kappa shape index (κ3) is 38.7. The number of rotatable bonds is 39. The highest BCUT2D eigenvalue weighted by molar-refractivity contribution is 7.45. The highest BCUT2D eigenvalue weighted by Crippen LogP contribution is 2.38. The molecule has 0 bridgehead atoms.